The van der Waals surface area contributed by atoms with Crippen LogP contribution in [-0.2, 0) is 19.4 Å². The molecule has 25 heavy (non-hydrogen) atoms. The minimum absolute atomic E-state index is 0.127. The van der Waals surface area contributed by atoms with Crippen molar-refractivity contribution in [2.45, 2.75) is 12.5 Å². The maximum absolute atomic E-state index is 12.4. The highest BCUT2D eigenvalue weighted by molar-refractivity contribution is 7.90. The Balaban J connectivity index is 2.97. The molecule has 1 aromatic carbocycles. The molecule has 0 bridgehead atoms. The topological polar surface area (TPSA) is 121 Å². The normalized spacial score (nSPS) is 12.3. The van der Waals surface area contributed by atoms with Gasteiger partial charge in [0.1, 0.15) is 22.4 Å². The highest BCUT2D eigenvalue weighted by atomic mass is 35.5. The number of aliphatic carboxylic acids is 1. The number of carbonyl (C=O) groups is 3. The van der Waals surface area contributed by atoms with E-state index in [1.54, 1.807) is 12.1 Å². The van der Waals surface area contributed by atoms with E-state index >= 15 is 0 Å². The van der Waals surface area contributed by atoms with Crippen LogP contribution in [0.5, 0.6) is 0 Å². The zero-order valence-electron chi connectivity index (χ0n) is 13.7. The predicted molar refractivity (Wildman–Crippen MR) is 92.3 cm³/mol. The van der Waals surface area contributed by atoms with Crippen molar-refractivity contribution in [1.82, 2.24) is 10.2 Å². The van der Waals surface area contributed by atoms with E-state index in [0.717, 1.165) is 11.2 Å². The molecule has 0 aromatic heterocycles. The van der Waals surface area contributed by atoms with Crippen molar-refractivity contribution in [2.75, 3.05) is 25.6 Å². The number of likely N-dealkylation sites (N-methyl/N-ethyl adjacent to an activating group) is 1. The number of rotatable bonds is 8. The van der Waals surface area contributed by atoms with Crippen molar-refractivity contribution in [3.05, 3.63) is 34.9 Å². The first kappa shape index (κ1) is 20.9. The Kier molecular flexibility index (Phi) is 7.38. The number of carboxylic acid groups (broad SMARTS) is 1. The molecule has 0 saturated carbocycles. The second-order valence-electron chi connectivity index (χ2n) is 5.51. The van der Waals surface area contributed by atoms with E-state index in [9.17, 15) is 22.8 Å². The first-order valence-electron chi connectivity index (χ1n) is 7.21. The van der Waals surface area contributed by atoms with Gasteiger partial charge in [0.05, 0.1) is 16.3 Å². The molecule has 1 atom stereocenters. The van der Waals surface area contributed by atoms with Gasteiger partial charge < -0.3 is 15.3 Å². The van der Waals surface area contributed by atoms with Gasteiger partial charge in [0, 0.05) is 13.3 Å². The van der Waals surface area contributed by atoms with Gasteiger partial charge in [-0.25, -0.2) is 8.42 Å². The minimum atomic E-state index is -3.37. The highest BCUT2D eigenvalue weighted by Crippen LogP contribution is 2.15. The molecule has 0 aliphatic heterocycles. The van der Waals surface area contributed by atoms with Gasteiger partial charge in [0.2, 0.25) is 5.91 Å². The van der Waals surface area contributed by atoms with Crippen LogP contribution in [0.4, 0.5) is 0 Å². The van der Waals surface area contributed by atoms with Crippen LogP contribution < -0.4 is 5.32 Å². The lowest BCUT2D eigenvalue weighted by atomic mass is 10.1. The number of hydrogen-bond acceptors (Lipinski definition) is 5. The van der Waals surface area contributed by atoms with Crippen molar-refractivity contribution in [1.29, 1.82) is 0 Å². The fourth-order valence-corrected chi connectivity index (χ4v) is 2.90. The van der Waals surface area contributed by atoms with E-state index in [4.69, 9.17) is 16.7 Å². The summed E-state index contributed by atoms with van der Waals surface area (Å²) in [6.07, 6.45) is 0.823. The molecule has 1 unspecified atom stereocenters. The second kappa shape index (κ2) is 8.82. The lowest BCUT2D eigenvalue weighted by Gasteiger charge is -2.23. The average molecular weight is 391 g/mol. The molecule has 0 fully saturated rings. The number of carboxylic acids is 1. The third kappa shape index (κ3) is 7.10. The molecule has 0 spiro atoms. The molecule has 1 rings (SSSR count). The minimum Gasteiger partial charge on any atom is -0.480 e. The Morgan fingerprint density at radius 1 is 1.28 bits per heavy atom. The number of sulfone groups is 1. The van der Waals surface area contributed by atoms with E-state index in [1.807, 2.05) is 0 Å². The Morgan fingerprint density at radius 2 is 1.88 bits per heavy atom. The van der Waals surface area contributed by atoms with Gasteiger partial charge in [0.15, 0.2) is 0 Å². The molecule has 0 aliphatic rings. The summed E-state index contributed by atoms with van der Waals surface area (Å²) in [5.74, 6) is -2.92. The van der Waals surface area contributed by atoms with Crippen molar-refractivity contribution < 1.29 is 27.9 Å². The number of nitrogens with one attached hydrogen (secondary N) is 1. The average Bonchev–Trinajstić information content (AvgIpc) is 2.49. The Hall–Kier alpha value is -2.13. The van der Waals surface area contributed by atoms with Crippen molar-refractivity contribution in [2.24, 2.45) is 0 Å². The number of carbonyl (C=O) groups excluding carboxylic acids is 2. The largest absolute Gasteiger partial charge is 0.480 e. The fourth-order valence-electron chi connectivity index (χ4n) is 2.02. The molecule has 0 saturated heterocycles. The van der Waals surface area contributed by atoms with Crippen LogP contribution in [0.1, 0.15) is 16.8 Å². The molecule has 1 aromatic rings. The van der Waals surface area contributed by atoms with Gasteiger partial charge in [-0.05, 0) is 18.6 Å². The summed E-state index contributed by atoms with van der Waals surface area (Å²) >= 11 is 5.93. The maximum Gasteiger partial charge on any atom is 0.323 e. The molecular weight excluding hydrogens is 372 g/mol. The first-order chi connectivity index (χ1) is 11.5. The SMILES string of the molecule is CN(CC(=O)O)C(=O)C(CCS(C)(=O)=O)NC(=O)c1ccccc1Cl. The Morgan fingerprint density at radius 3 is 2.40 bits per heavy atom. The van der Waals surface area contributed by atoms with Gasteiger partial charge >= 0.3 is 5.97 Å². The maximum atomic E-state index is 12.4. The zero-order valence-corrected chi connectivity index (χ0v) is 15.3. The van der Waals surface area contributed by atoms with Gasteiger partial charge in [-0.15, -0.1) is 0 Å². The van der Waals surface area contributed by atoms with Crippen molar-refractivity contribution in [3.63, 3.8) is 0 Å². The number of benzene rings is 1. The second-order valence-corrected chi connectivity index (χ2v) is 8.18. The third-order valence-electron chi connectivity index (χ3n) is 3.25. The molecule has 10 heteroatoms. The summed E-state index contributed by atoms with van der Waals surface area (Å²) in [4.78, 5) is 36.3. The predicted octanol–water partition coefficient (Wildman–Crippen LogP) is 0.416. The zero-order chi connectivity index (χ0) is 19.2. The van der Waals surface area contributed by atoms with Crippen LogP contribution in [-0.4, -0.2) is 67.9 Å². The molecule has 0 radical (unpaired) electrons. The molecule has 2 N–H and O–H groups in total. The van der Waals surface area contributed by atoms with Crippen LogP contribution in [0.25, 0.3) is 0 Å². The summed E-state index contributed by atoms with van der Waals surface area (Å²) in [6.45, 7) is -0.573. The van der Waals surface area contributed by atoms with Crippen LogP contribution in [0.15, 0.2) is 24.3 Å². The number of nitrogens with zero attached hydrogens (tertiary/aromatic N) is 1. The van der Waals surface area contributed by atoms with E-state index in [2.05, 4.69) is 5.32 Å². The summed E-state index contributed by atoms with van der Waals surface area (Å²) < 4.78 is 22.7. The first-order valence-corrected chi connectivity index (χ1v) is 9.65. The summed E-state index contributed by atoms with van der Waals surface area (Å²) in [5.41, 5.74) is 0.127. The van der Waals surface area contributed by atoms with Crippen LogP contribution in [0.2, 0.25) is 5.02 Å². The summed E-state index contributed by atoms with van der Waals surface area (Å²) in [5, 5.41) is 11.4. The Bertz CT molecular complexity index is 765. The van der Waals surface area contributed by atoms with Crippen LogP contribution in [0.3, 0.4) is 0 Å². The van der Waals surface area contributed by atoms with Gasteiger partial charge in [-0.2, -0.15) is 0 Å². The molecule has 138 valence electrons. The lowest BCUT2D eigenvalue weighted by molar-refractivity contribution is -0.144. The van der Waals surface area contributed by atoms with E-state index < -0.39 is 40.2 Å². The van der Waals surface area contributed by atoms with E-state index in [1.165, 1.54) is 19.2 Å². The quantitative estimate of drug-likeness (QED) is 0.663. The van der Waals surface area contributed by atoms with Gasteiger partial charge in [0.25, 0.3) is 5.91 Å². The van der Waals surface area contributed by atoms with Crippen molar-refractivity contribution >= 4 is 39.2 Å². The Labute approximate surface area is 150 Å². The van der Waals surface area contributed by atoms with E-state index in [-0.39, 0.29) is 22.8 Å². The third-order valence-corrected chi connectivity index (χ3v) is 4.55. The van der Waals surface area contributed by atoms with Gasteiger partial charge in [-0.1, -0.05) is 23.7 Å². The summed E-state index contributed by atoms with van der Waals surface area (Å²) in [6, 6.07) is 4.98. The monoisotopic (exact) mass is 390 g/mol. The fraction of sp³-hybridized carbons (Fsp3) is 0.400. The number of hydrogen-bond donors (Lipinski definition) is 2. The highest BCUT2D eigenvalue weighted by Gasteiger charge is 2.27. The number of halogens is 1. The van der Waals surface area contributed by atoms with Crippen molar-refractivity contribution in [3.8, 4) is 0 Å². The molecule has 0 heterocycles. The standard InChI is InChI=1S/C15H19ClN2O6S/c1-18(9-13(19)20)15(22)12(7-8-25(2,23)24)17-14(21)10-5-3-4-6-11(10)16/h3-6,12H,7-9H2,1-2H3,(H,17,21)(H,19,20). The smallest absolute Gasteiger partial charge is 0.323 e. The van der Waals surface area contributed by atoms with E-state index in [0.29, 0.717) is 0 Å². The van der Waals surface area contributed by atoms with Crippen LogP contribution >= 0.6 is 11.6 Å². The lowest BCUT2D eigenvalue weighted by Crippen LogP contribution is -2.49. The van der Waals surface area contributed by atoms with Crippen LogP contribution in [0, 0.1) is 0 Å². The molecule has 8 nitrogen and oxygen atoms in total. The van der Waals surface area contributed by atoms with Gasteiger partial charge in [-0.3, -0.25) is 14.4 Å². The number of amides is 2. The summed E-state index contributed by atoms with van der Waals surface area (Å²) in [7, 11) is -2.12. The molecular formula is C15H19ClN2O6S. The molecule has 2 amide bonds. The molecule has 0 aliphatic carbocycles.